The van der Waals surface area contributed by atoms with Crippen LogP contribution in [-0.2, 0) is 19.5 Å². The van der Waals surface area contributed by atoms with E-state index >= 15 is 0 Å². The van der Waals surface area contributed by atoms with Gasteiger partial charge in [0, 0.05) is 37.5 Å². The second-order valence-corrected chi connectivity index (χ2v) is 6.77. The van der Waals surface area contributed by atoms with E-state index < -0.39 is 0 Å². The van der Waals surface area contributed by atoms with Crippen LogP contribution in [-0.4, -0.2) is 31.0 Å². The van der Waals surface area contributed by atoms with Crippen LogP contribution in [0.15, 0.2) is 36.4 Å². The van der Waals surface area contributed by atoms with Gasteiger partial charge in [-0.25, -0.2) is 18.7 Å². The smallest absolute Gasteiger partial charge is 0.223 e. The predicted octanol–water partition coefficient (Wildman–Crippen LogP) is 2.70. The van der Waals surface area contributed by atoms with Gasteiger partial charge < -0.3 is 5.73 Å². The number of benzene rings is 2. The molecule has 2 aromatic heterocycles. The second kappa shape index (κ2) is 5.95. The number of fused-ring (bicyclic) bond motifs is 4. The zero-order valence-corrected chi connectivity index (χ0v) is 14.4. The number of nitrogens with zero attached hydrogens (tertiary/aromatic N) is 5. The van der Waals surface area contributed by atoms with Crippen molar-refractivity contribution in [2.75, 3.05) is 12.3 Å². The van der Waals surface area contributed by atoms with Gasteiger partial charge >= 0.3 is 0 Å². The van der Waals surface area contributed by atoms with Gasteiger partial charge in [-0.1, -0.05) is 6.07 Å². The van der Waals surface area contributed by atoms with Gasteiger partial charge in [0.1, 0.15) is 11.6 Å². The molecule has 2 N–H and O–H groups in total. The Bertz CT molecular complexity index is 1190. The summed E-state index contributed by atoms with van der Waals surface area (Å²) in [5.74, 6) is 0.237. The molecule has 0 radical (unpaired) electrons. The first-order valence-corrected chi connectivity index (χ1v) is 8.67. The highest BCUT2D eigenvalue weighted by atomic mass is 19.1. The Labute approximate surface area is 153 Å². The SMILES string of the molecule is Nc1nc2cc(F)ccc2c2nc(CCN3Cc4ccc(F)cc4C3)nn12. The van der Waals surface area contributed by atoms with Crippen LogP contribution in [0.5, 0.6) is 0 Å². The third kappa shape index (κ3) is 2.78. The number of halogens is 2. The molecule has 0 unspecified atom stereocenters. The second-order valence-electron chi connectivity index (χ2n) is 6.77. The van der Waals surface area contributed by atoms with Gasteiger partial charge in [0.2, 0.25) is 5.95 Å². The topological polar surface area (TPSA) is 72.3 Å². The van der Waals surface area contributed by atoms with Crippen LogP contribution in [0.1, 0.15) is 17.0 Å². The minimum Gasteiger partial charge on any atom is -0.368 e. The van der Waals surface area contributed by atoms with E-state index in [0.29, 0.717) is 35.3 Å². The Balaban J connectivity index is 1.40. The third-order valence-corrected chi connectivity index (χ3v) is 4.91. The molecular weight excluding hydrogens is 350 g/mol. The number of nitrogen functional groups attached to an aromatic ring is 1. The fourth-order valence-corrected chi connectivity index (χ4v) is 3.60. The van der Waals surface area contributed by atoms with E-state index in [1.165, 1.54) is 22.7 Å². The lowest BCUT2D eigenvalue weighted by atomic mass is 10.1. The summed E-state index contributed by atoms with van der Waals surface area (Å²) in [6.45, 7) is 2.24. The highest BCUT2D eigenvalue weighted by Gasteiger charge is 2.20. The summed E-state index contributed by atoms with van der Waals surface area (Å²) in [4.78, 5) is 11.0. The summed E-state index contributed by atoms with van der Waals surface area (Å²) < 4.78 is 28.3. The molecule has 0 saturated heterocycles. The van der Waals surface area contributed by atoms with E-state index in [0.717, 1.165) is 24.2 Å². The van der Waals surface area contributed by atoms with Crippen LogP contribution in [0.3, 0.4) is 0 Å². The van der Waals surface area contributed by atoms with Crippen molar-refractivity contribution in [2.24, 2.45) is 0 Å². The van der Waals surface area contributed by atoms with E-state index in [4.69, 9.17) is 5.73 Å². The Kier molecular flexibility index (Phi) is 3.54. The van der Waals surface area contributed by atoms with Gasteiger partial charge in [0.25, 0.3) is 0 Å². The molecule has 0 aliphatic carbocycles. The quantitative estimate of drug-likeness (QED) is 0.604. The average Bonchev–Trinajstić information content (AvgIpc) is 3.23. The molecular formula is C19H16F2N6. The Morgan fingerprint density at radius 3 is 2.63 bits per heavy atom. The maximum absolute atomic E-state index is 13.5. The standard InChI is InChI=1S/C19H16F2N6/c20-13-2-1-11-9-26(10-12(11)7-13)6-5-17-24-18-15-4-3-14(21)8-16(15)23-19(22)27(18)25-17/h1-4,7-8H,5-6,9-10H2,(H2,22,23). The van der Waals surface area contributed by atoms with Crippen LogP contribution in [0.2, 0.25) is 0 Å². The summed E-state index contributed by atoms with van der Waals surface area (Å²) >= 11 is 0. The highest BCUT2D eigenvalue weighted by molar-refractivity contribution is 5.92. The van der Waals surface area contributed by atoms with Crippen LogP contribution >= 0.6 is 0 Å². The van der Waals surface area contributed by atoms with Crippen molar-refractivity contribution >= 4 is 22.5 Å². The van der Waals surface area contributed by atoms with Gasteiger partial charge in [-0.05, 0) is 35.4 Å². The van der Waals surface area contributed by atoms with Crippen LogP contribution in [0, 0.1) is 11.6 Å². The monoisotopic (exact) mass is 366 g/mol. The molecule has 0 atom stereocenters. The summed E-state index contributed by atoms with van der Waals surface area (Å²) in [6.07, 6.45) is 0.625. The maximum Gasteiger partial charge on any atom is 0.223 e. The van der Waals surface area contributed by atoms with Crippen LogP contribution in [0.25, 0.3) is 16.6 Å². The first-order chi connectivity index (χ1) is 13.1. The van der Waals surface area contributed by atoms with Crippen LogP contribution in [0.4, 0.5) is 14.7 Å². The molecule has 6 nitrogen and oxygen atoms in total. The van der Waals surface area contributed by atoms with Crippen molar-refractivity contribution in [3.8, 4) is 0 Å². The number of nitrogens with two attached hydrogens (primary N) is 1. The molecule has 0 saturated carbocycles. The third-order valence-electron chi connectivity index (χ3n) is 4.91. The lowest BCUT2D eigenvalue weighted by molar-refractivity contribution is 0.286. The summed E-state index contributed by atoms with van der Waals surface area (Å²) in [6, 6.07) is 9.27. The van der Waals surface area contributed by atoms with Gasteiger partial charge in [0.15, 0.2) is 11.5 Å². The minimum atomic E-state index is -0.372. The van der Waals surface area contributed by atoms with Crippen LogP contribution < -0.4 is 5.73 Å². The van der Waals surface area contributed by atoms with E-state index in [-0.39, 0.29) is 17.6 Å². The summed E-state index contributed by atoms with van der Waals surface area (Å²) in [5, 5.41) is 5.15. The minimum absolute atomic E-state index is 0.172. The Morgan fingerprint density at radius 1 is 0.963 bits per heavy atom. The molecule has 0 spiro atoms. The molecule has 0 fully saturated rings. The highest BCUT2D eigenvalue weighted by Crippen LogP contribution is 2.24. The largest absolute Gasteiger partial charge is 0.368 e. The maximum atomic E-state index is 13.5. The molecule has 5 rings (SSSR count). The van der Waals surface area contributed by atoms with Crippen molar-refractivity contribution in [3.63, 3.8) is 0 Å². The van der Waals surface area contributed by atoms with Crippen molar-refractivity contribution in [1.29, 1.82) is 0 Å². The fraction of sp³-hybridized carbons (Fsp3) is 0.211. The molecule has 27 heavy (non-hydrogen) atoms. The van der Waals surface area contributed by atoms with E-state index in [1.807, 2.05) is 6.07 Å². The number of hydrogen-bond acceptors (Lipinski definition) is 5. The molecule has 2 aromatic carbocycles. The van der Waals surface area contributed by atoms with E-state index in [1.54, 1.807) is 12.1 Å². The molecule has 0 amide bonds. The van der Waals surface area contributed by atoms with Crippen molar-refractivity contribution in [2.45, 2.75) is 19.5 Å². The first-order valence-electron chi connectivity index (χ1n) is 8.67. The van der Waals surface area contributed by atoms with E-state index in [9.17, 15) is 8.78 Å². The number of hydrogen-bond donors (Lipinski definition) is 1. The van der Waals surface area contributed by atoms with Gasteiger partial charge in [0.05, 0.1) is 5.52 Å². The number of anilines is 1. The first kappa shape index (κ1) is 16.1. The molecule has 4 aromatic rings. The van der Waals surface area contributed by atoms with Crippen molar-refractivity contribution in [3.05, 3.63) is 65.0 Å². The van der Waals surface area contributed by atoms with Gasteiger partial charge in [-0.2, -0.15) is 4.52 Å². The molecule has 136 valence electrons. The Morgan fingerprint density at radius 2 is 1.74 bits per heavy atom. The molecule has 0 bridgehead atoms. The molecule has 3 heterocycles. The number of rotatable bonds is 3. The lowest BCUT2D eigenvalue weighted by Crippen LogP contribution is -2.19. The van der Waals surface area contributed by atoms with Crippen molar-refractivity contribution < 1.29 is 8.78 Å². The normalized spacial score (nSPS) is 14.3. The zero-order valence-electron chi connectivity index (χ0n) is 14.4. The van der Waals surface area contributed by atoms with Gasteiger partial charge in [-0.3, -0.25) is 4.90 Å². The van der Waals surface area contributed by atoms with E-state index in [2.05, 4.69) is 20.0 Å². The molecule has 1 aliphatic heterocycles. The fourth-order valence-electron chi connectivity index (χ4n) is 3.60. The molecule has 8 heteroatoms. The predicted molar refractivity (Wildman–Crippen MR) is 96.9 cm³/mol. The van der Waals surface area contributed by atoms with Gasteiger partial charge in [-0.15, -0.1) is 5.10 Å². The zero-order chi connectivity index (χ0) is 18.5. The molecule has 1 aliphatic rings. The average molecular weight is 366 g/mol. The summed E-state index contributed by atoms with van der Waals surface area (Å²) in [7, 11) is 0. The van der Waals surface area contributed by atoms with Crippen molar-refractivity contribution in [1.82, 2.24) is 24.5 Å². The Hall–Kier alpha value is -3.13. The summed E-state index contributed by atoms with van der Waals surface area (Å²) in [5.41, 5.74) is 9.16. The lowest BCUT2D eigenvalue weighted by Gasteiger charge is -2.12. The number of aromatic nitrogens is 4.